The highest BCUT2D eigenvalue weighted by Crippen LogP contribution is 2.60. The van der Waals surface area contributed by atoms with Crippen molar-refractivity contribution < 1.29 is 4.79 Å². The Hall–Kier alpha value is -0.330. The highest BCUT2D eigenvalue weighted by Gasteiger charge is 2.57. The number of carbonyl (C=O) groups is 1. The van der Waals surface area contributed by atoms with Gasteiger partial charge in [-0.2, -0.15) is 0 Å². The molecular weight excluding hydrogens is 292 g/mol. The molecule has 0 saturated heterocycles. The van der Waals surface area contributed by atoms with Gasteiger partial charge in [-0.3, -0.25) is 4.79 Å². The van der Waals surface area contributed by atoms with Gasteiger partial charge in [0.05, 0.1) is 0 Å². The minimum absolute atomic E-state index is 0.166. The molecule has 24 heavy (non-hydrogen) atoms. The highest BCUT2D eigenvalue weighted by atomic mass is 16.1. The van der Waals surface area contributed by atoms with Crippen LogP contribution in [0.1, 0.15) is 100 Å². The molecule has 0 aromatic heterocycles. The molecule has 0 aliphatic heterocycles. The fourth-order valence-corrected chi connectivity index (χ4v) is 5.56. The monoisotopic (exact) mass is 334 g/mol. The summed E-state index contributed by atoms with van der Waals surface area (Å²) in [6, 6.07) is 0. The third kappa shape index (κ3) is 4.07. The van der Waals surface area contributed by atoms with Gasteiger partial charge in [-0.05, 0) is 54.3 Å². The topological polar surface area (TPSA) is 17.1 Å². The van der Waals surface area contributed by atoms with Crippen LogP contribution in [0.25, 0.3) is 0 Å². The molecule has 0 N–H and O–H groups in total. The van der Waals surface area contributed by atoms with E-state index < -0.39 is 0 Å². The standard InChI is InChI=1S/C23H42O/c1-16(2)23(8,15-21(3,4)5)20(24)18-14-19(18)22(6,7)17-12-10-9-11-13-17/h16-19H,9-15H2,1-8H3. The lowest BCUT2D eigenvalue weighted by Gasteiger charge is -2.40. The van der Waals surface area contributed by atoms with Gasteiger partial charge in [-0.15, -0.1) is 0 Å². The Morgan fingerprint density at radius 1 is 0.958 bits per heavy atom. The number of rotatable bonds is 6. The minimum Gasteiger partial charge on any atom is -0.299 e. The molecule has 3 unspecified atom stereocenters. The second-order valence-corrected chi connectivity index (χ2v) is 11.3. The summed E-state index contributed by atoms with van der Waals surface area (Å²) < 4.78 is 0. The van der Waals surface area contributed by atoms with Crippen molar-refractivity contribution in [1.82, 2.24) is 0 Å². The molecule has 2 aliphatic carbocycles. The van der Waals surface area contributed by atoms with Gasteiger partial charge in [0.15, 0.2) is 0 Å². The Labute approximate surface area is 151 Å². The Kier molecular flexibility index (Phi) is 5.63. The van der Waals surface area contributed by atoms with Gasteiger partial charge in [0.25, 0.3) is 0 Å². The number of ketones is 1. The van der Waals surface area contributed by atoms with Gasteiger partial charge in [0.1, 0.15) is 5.78 Å². The predicted octanol–water partition coefficient (Wildman–Crippen LogP) is 6.90. The Morgan fingerprint density at radius 2 is 1.50 bits per heavy atom. The summed E-state index contributed by atoms with van der Waals surface area (Å²) in [5.41, 5.74) is 0.388. The summed E-state index contributed by atoms with van der Waals surface area (Å²) in [4.78, 5) is 13.5. The maximum Gasteiger partial charge on any atom is 0.142 e. The summed E-state index contributed by atoms with van der Waals surface area (Å²) in [6.07, 6.45) is 9.12. The van der Waals surface area contributed by atoms with Crippen LogP contribution >= 0.6 is 0 Å². The molecule has 0 amide bonds. The minimum atomic E-state index is -0.166. The molecule has 1 heteroatoms. The fourth-order valence-electron chi connectivity index (χ4n) is 5.56. The van der Waals surface area contributed by atoms with E-state index in [1.54, 1.807) is 0 Å². The predicted molar refractivity (Wildman–Crippen MR) is 104 cm³/mol. The number of hydrogen-bond donors (Lipinski definition) is 0. The van der Waals surface area contributed by atoms with Crippen molar-refractivity contribution in [3.05, 3.63) is 0 Å². The van der Waals surface area contributed by atoms with Crippen LogP contribution in [0.2, 0.25) is 0 Å². The molecule has 140 valence electrons. The number of Topliss-reactive ketones (excluding diaryl/α,β-unsaturated/α-hetero) is 1. The van der Waals surface area contributed by atoms with E-state index >= 15 is 0 Å². The summed E-state index contributed by atoms with van der Waals surface area (Å²) in [5, 5.41) is 0. The summed E-state index contributed by atoms with van der Waals surface area (Å²) in [6.45, 7) is 18.5. The Morgan fingerprint density at radius 3 is 1.96 bits per heavy atom. The Balaban J connectivity index is 2.10. The molecule has 0 aromatic rings. The quantitative estimate of drug-likeness (QED) is 0.516. The van der Waals surface area contributed by atoms with Crippen LogP contribution in [0.3, 0.4) is 0 Å². The second-order valence-electron chi connectivity index (χ2n) is 11.3. The van der Waals surface area contributed by atoms with E-state index in [0.29, 0.717) is 29.0 Å². The Bertz CT molecular complexity index is 447. The van der Waals surface area contributed by atoms with E-state index in [1.807, 2.05) is 0 Å². The molecule has 2 fully saturated rings. The molecule has 0 radical (unpaired) electrons. The third-order valence-corrected chi connectivity index (χ3v) is 7.47. The fraction of sp³-hybridized carbons (Fsp3) is 0.957. The summed E-state index contributed by atoms with van der Waals surface area (Å²) in [5.74, 6) is 2.79. The van der Waals surface area contributed by atoms with E-state index in [9.17, 15) is 4.79 Å². The largest absolute Gasteiger partial charge is 0.299 e. The molecule has 2 rings (SSSR count). The molecule has 1 nitrogen and oxygen atoms in total. The smallest absolute Gasteiger partial charge is 0.142 e. The first kappa shape index (κ1) is 20.0. The van der Waals surface area contributed by atoms with E-state index in [-0.39, 0.29) is 10.8 Å². The van der Waals surface area contributed by atoms with Crippen LogP contribution in [0.4, 0.5) is 0 Å². The molecular formula is C23H42O. The lowest BCUT2D eigenvalue weighted by Crippen LogP contribution is -2.39. The lowest BCUT2D eigenvalue weighted by molar-refractivity contribution is -0.134. The molecule has 0 bridgehead atoms. The number of hydrogen-bond acceptors (Lipinski definition) is 1. The van der Waals surface area contributed by atoms with E-state index in [0.717, 1.165) is 18.8 Å². The molecule has 0 aromatic carbocycles. The van der Waals surface area contributed by atoms with Crippen molar-refractivity contribution in [2.24, 2.45) is 39.9 Å². The van der Waals surface area contributed by atoms with Gasteiger partial charge < -0.3 is 0 Å². The molecule has 2 aliphatic rings. The zero-order chi connectivity index (χ0) is 18.3. The van der Waals surface area contributed by atoms with Gasteiger partial charge >= 0.3 is 0 Å². The molecule has 0 heterocycles. The lowest BCUT2D eigenvalue weighted by atomic mass is 9.63. The number of carbonyl (C=O) groups excluding carboxylic acids is 1. The summed E-state index contributed by atoms with van der Waals surface area (Å²) in [7, 11) is 0. The van der Waals surface area contributed by atoms with Crippen LogP contribution in [0.5, 0.6) is 0 Å². The normalized spacial score (nSPS) is 28.7. The maximum atomic E-state index is 13.5. The van der Waals surface area contributed by atoms with Gasteiger partial charge in [-0.1, -0.05) is 74.7 Å². The van der Waals surface area contributed by atoms with Crippen molar-refractivity contribution in [1.29, 1.82) is 0 Å². The van der Waals surface area contributed by atoms with Gasteiger partial charge in [-0.25, -0.2) is 0 Å². The van der Waals surface area contributed by atoms with Crippen molar-refractivity contribution in [3.8, 4) is 0 Å². The van der Waals surface area contributed by atoms with Crippen molar-refractivity contribution in [2.45, 2.75) is 100 Å². The van der Waals surface area contributed by atoms with Gasteiger partial charge in [0.2, 0.25) is 0 Å². The maximum absolute atomic E-state index is 13.5. The summed E-state index contributed by atoms with van der Waals surface area (Å²) >= 11 is 0. The van der Waals surface area contributed by atoms with E-state index in [2.05, 4.69) is 55.4 Å². The van der Waals surface area contributed by atoms with Gasteiger partial charge in [0, 0.05) is 11.3 Å². The van der Waals surface area contributed by atoms with Crippen LogP contribution in [-0.2, 0) is 4.79 Å². The van der Waals surface area contributed by atoms with Crippen molar-refractivity contribution in [3.63, 3.8) is 0 Å². The average Bonchev–Trinajstić information content (AvgIpc) is 3.26. The first-order valence-electron chi connectivity index (χ1n) is 10.4. The van der Waals surface area contributed by atoms with E-state index in [1.165, 1.54) is 32.1 Å². The first-order valence-corrected chi connectivity index (χ1v) is 10.4. The van der Waals surface area contributed by atoms with Crippen LogP contribution in [-0.4, -0.2) is 5.78 Å². The molecule has 2 saturated carbocycles. The van der Waals surface area contributed by atoms with Crippen molar-refractivity contribution >= 4 is 5.78 Å². The van der Waals surface area contributed by atoms with Crippen LogP contribution in [0.15, 0.2) is 0 Å². The third-order valence-electron chi connectivity index (χ3n) is 7.47. The van der Waals surface area contributed by atoms with E-state index in [4.69, 9.17) is 0 Å². The van der Waals surface area contributed by atoms with Crippen LogP contribution < -0.4 is 0 Å². The molecule has 0 spiro atoms. The van der Waals surface area contributed by atoms with Crippen molar-refractivity contribution in [2.75, 3.05) is 0 Å². The van der Waals surface area contributed by atoms with Crippen LogP contribution in [0, 0.1) is 39.9 Å². The molecule has 3 atom stereocenters. The second kappa shape index (κ2) is 6.76. The highest BCUT2D eigenvalue weighted by molar-refractivity contribution is 5.89. The average molecular weight is 335 g/mol. The first-order chi connectivity index (χ1) is 10.9. The zero-order valence-corrected chi connectivity index (χ0v) is 17.7. The zero-order valence-electron chi connectivity index (χ0n) is 17.7. The SMILES string of the molecule is CC(C)C(C)(CC(C)(C)C)C(=O)C1CC1C(C)(C)C1CCCCC1.